The molecule has 0 aromatic heterocycles. The smallest absolute Gasteiger partial charge is 0.156 e. The summed E-state index contributed by atoms with van der Waals surface area (Å²) in [6.07, 6.45) is 0. The molecule has 1 aromatic carbocycles. The predicted molar refractivity (Wildman–Crippen MR) is 82.6 cm³/mol. The molecule has 0 atom stereocenters. The van der Waals surface area contributed by atoms with Crippen molar-refractivity contribution in [2.24, 2.45) is 0 Å². The Kier molecular flexibility index (Phi) is 5.02. The van der Waals surface area contributed by atoms with Crippen molar-refractivity contribution >= 4 is 15.5 Å². The minimum Gasteiger partial charge on any atom is -0.384 e. The standard InChI is InChI=1S/C15H25NO2S/c1-12(2)13-7-6-8-14(11-13)16-9-10-19(17,18)15(3,4)5/h6-8,11-12,16H,9-10H2,1-5H3. The SMILES string of the molecule is CC(C)c1cccc(NCCS(=O)(=O)C(C)(C)C)c1. The molecule has 1 N–H and O–H groups in total. The molecule has 0 heterocycles. The minimum absolute atomic E-state index is 0.155. The molecule has 0 spiro atoms. The third kappa shape index (κ3) is 4.53. The van der Waals surface area contributed by atoms with E-state index >= 15 is 0 Å². The topological polar surface area (TPSA) is 46.2 Å². The molecular formula is C15H25NO2S. The molecule has 0 aliphatic heterocycles. The van der Waals surface area contributed by atoms with Crippen molar-refractivity contribution in [3.05, 3.63) is 29.8 Å². The van der Waals surface area contributed by atoms with Gasteiger partial charge in [-0.3, -0.25) is 0 Å². The van der Waals surface area contributed by atoms with E-state index in [9.17, 15) is 8.42 Å². The van der Waals surface area contributed by atoms with E-state index in [4.69, 9.17) is 0 Å². The van der Waals surface area contributed by atoms with Gasteiger partial charge in [0.25, 0.3) is 0 Å². The van der Waals surface area contributed by atoms with Crippen LogP contribution in [-0.2, 0) is 9.84 Å². The first-order valence-corrected chi connectivity index (χ1v) is 8.35. The minimum atomic E-state index is -3.06. The van der Waals surface area contributed by atoms with Crippen molar-refractivity contribution in [1.29, 1.82) is 0 Å². The van der Waals surface area contributed by atoms with E-state index in [2.05, 4.69) is 31.3 Å². The monoisotopic (exact) mass is 283 g/mol. The first kappa shape index (κ1) is 16.0. The molecule has 1 aromatic rings. The summed E-state index contributed by atoms with van der Waals surface area (Å²) in [5.41, 5.74) is 2.24. The highest BCUT2D eigenvalue weighted by Crippen LogP contribution is 2.19. The first-order valence-electron chi connectivity index (χ1n) is 6.69. The normalized spacial score (nSPS) is 12.7. The second-order valence-corrected chi connectivity index (χ2v) is 9.00. The van der Waals surface area contributed by atoms with Crippen LogP contribution >= 0.6 is 0 Å². The van der Waals surface area contributed by atoms with Crippen molar-refractivity contribution in [2.45, 2.75) is 45.3 Å². The van der Waals surface area contributed by atoms with Gasteiger partial charge in [-0.2, -0.15) is 0 Å². The lowest BCUT2D eigenvalue weighted by Gasteiger charge is -2.19. The Morgan fingerprint density at radius 3 is 2.37 bits per heavy atom. The van der Waals surface area contributed by atoms with Crippen LogP contribution < -0.4 is 5.32 Å². The molecule has 0 unspecified atom stereocenters. The van der Waals surface area contributed by atoms with Crippen LogP contribution in [0.25, 0.3) is 0 Å². The van der Waals surface area contributed by atoms with Gasteiger partial charge in [0.15, 0.2) is 9.84 Å². The highest BCUT2D eigenvalue weighted by Gasteiger charge is 2.28. The third-order valence-electron chi connectivity index (χ3n) is 3.19. The van der Waals surface area contributed by atoms with Gasteiger partial charge in [0.2, 0.25) is 0 Å². The lowest BCUT2D eigenvalue weighted by molar-refractivity contribution is 0.560. The molecule has 19 heavy (non-hydrogen) atoms. The zero-order chi connectivity index (χ0) is 14.7. The van der Waals surface area contributed by atoms with E-state index in [1.807, 2.05) is 12.1 Å². The van der Waals surface area contributed by atoms with E-state index in [1.165, 1.54) is 5.56 Å². The van der Waals surface area contributed by atoms with Crippen LogP contribution in [-0.4, -0.2) is 25.5 Å². The van der Waals surface area contributed by atoms with Gasteiger partial charge in [-0.1, -0.05) is 26.0 Å². The number of anilines is 1. The Labute approximate surface area is 117 Å². The lowest BCUT2D eigenvalue weighted by Crippen LogP contribution is -2.32. The average Bonchev–Trinajstić information content (AvgIpc) is 2.27. The van der Waals surface area contributed by atoms with Crippen molar-refractivity contribution in [3.63, 3.8) is 0 Å². The summed E-state index contributed by atoms with van der Waals surface area (Å²) in [5.74, 6) is 0.627. The van der Waals surface area contributed by atoms with Gasteiger partial charge in [0.05, 0.1) is 10.5 Å². The van der Waals surface area contributed by atoms with E-state index in [-0.39, 0.29) is 5.75 Å². The molecule has 0 aliphatic rings. The molecule has 108 valence electrons. The molecule has 0 bridgehead atoms. The highest BCUT2D eigenvalue weighted by atomic mass is 32.2. The second-order valence-electron chi connectivity index (χ2n) is 6.14. The Morgan fingerprint density at radius 2 is 1.84 bits per heavy atom. The van der Waals surface area contributed by atoms with Crippen LogP contribution in [0, 0.1) is 0 Å². The van der Waals surface area contributed by atoms with Gasteiger partial charge in [0.1, 0.15) is 0 Å². The molecule has 0 saturated heterocycles. The Morgan fingerprint density at radius 1 is 1.21 bits per heavy atom. The molecule has 3 nitrogen and oxygen atoms in total. The summed E-state index contributed by atoms with van der Waals surface area (Å²) in [5, 5.41) is 3.19. The largest absolute Gasteiger partial charge is 0.384 e. The number of sulfone groups is 1. The van der Waals surface area contributed by atoms with Gasteiger partial charge < -0.3 is 5.32 Å². The van der Waals surface area contributed by atoms with Crippen LogP contribution in [0.5, 0.6) is 0 Å². The highest BCUT2D eigenvalue weighted by molar-refractivity contribution is 7.92. The Balaban J connectivity index is 2.62. The summed E-state index contributed by atoms with van der Waals surface area (Å²) in [4.78, 5) is 0. The van der Waals surface area contributed by atoms with Crippen molar-refractivity contribution < 1.29 is 8.42 Å². The zero-order valence-electron chi connectivity index (χ0n) is 12.5. The van der Waals surface area contributed by atoms with Crippen molar-refractivity contribution in [2.75, 3.05) is 17.6 Å². The van der Waals surface area contributed by atoms with Crippen LogP contribution in [0.4, 0.5) is 5.69 Å². The quantitative estimate of drug-likeness (QED) is 0.900. The maximum Gasteiger partial charge on any atom is 0.156 e. The number of nitrogens with one attached hydrogen (secondary N) is 1. The van der Waals surface area contributed by atoms with Crippen molar-refractivity contribution in [1.82, 2.24) is 0 Å². The molecular weight excluding hydrogens is 258 g/mol. The molecule has 1 rings (SSSR count). The van der Waals surface area contributed by atoms with E-state index in [0.29, 0.717) is 12.5 Å². The van der Waals surface area contributed by atoms with E-state index in [0.717, 1.165) is 5.69 Å². The summed E-state index contributed by atoms with van der Waals surface area (Å²) in [6.45, 7) is 9.94. The fraction of sp³-hybridized carbons (Fsp3) is 0.600. The maximum absolute atomic E-state index is 12.0. The maximum atomic E-state index is 12.0. The van der Waals surface area contributed by atoms with Crippen LogP contribution in [0.15, 0.2) is 24.3 Å². The number of benzene rings is 1. The van der Waals surface area contributed by atoms with Crippen LogP contribution in [0.3, 0.4) is 0 Å². The molecule has 0 radical (unpaired) electrons. The van der Waals surface area contributed by atoms with Gasteiger partial charge >= 0.3 is 0 Å². The van der Waals surface area contributed by atoms with Gasteiger partial charge in [-0.25, -0.2) is 8.42 Å². The summed E-state index contributed by atoms with van der Waals surface area (Å²) < 4.78 is 23.3. The van der Waals surface area contributed by atoms with Gasteiger partial charge in [-0.15, -0.1) is 0 Å². The second kappa shape index (κ2) is 5.95. The number of hydrogen-bond acceptors (Lipinski definition) is 3. The molecule has 0 saturated carbocycles. The van der Waals surface area contributed by atoms with Gasteiger partial charge in [0, 0.05) is 12.2 Å². The van der Waals surface area contributed by atoms with E-state index in [1.54, 1.807) is 20.8 Å². The Bertz CT molecular complexity index is 513. The third-order valence-corrected chi connectivity index (χ3v) is 5.79. The predicted octanol–water partition coefficient (Wildman–Crippen LogP) is 3.44. The Hall–Kier alpha value is -1.03. The summed E-state index contributed by atoms with van der Waals surface area (Å²) in [6, 6.07) is 8.13. The van der Waals surface area contributed by atoms with Gasteiger partial charge in [-0.05, 0) is 44.4 Å². The first-order chi connectivity index (χ1) is 8.63. The fourth-order valence-electron chi connectivity index (χ4n) is 1.64. The molecule has 0 amide bonds. The average molecular weight is 283 g/mol. The number of rotatable bonds is 5. The molecule has 4 heteroatoms. The fourth-order valence-corrected chi connectivity index (χ4v) is 2.63. The lowest BCUT2D eigenvalue weighted by atomic mass is 10.0. The summed E-state index contributed by atoms with van der Waals surface area (Å²) >= 11 is 0. The van der Waals surface area contributed by atoms with Crippen LogP contribution in [0.2, 0.25) is 0 Å². The van der Waals surface area contributed by atoms with Crippen molar-refractivity contribution in [3.8, 4) is 0 Å². The molecule has 0 fully saturated rings. The van der Waals surface area contributed by atoms with Crippen LogP contribution in [0.1, 0.15) is 46.1 Å². The zero-order valence-corrected chi connectivity index (χ0v) is 13.3. The summed E-state index contributed by atoms with van der Waals surface area (Å²) in [7, 11) is -3.06. The van der Waals surface area contributed by atoms with E-state index < -0.39 is 14.6 Å². The molecule has 0 aliphatic carbocycles. The number of hydrogen-bond donors (Lipinski definition) is 1.